The molecule has 0 radical (unpaired) electrons. The number of phenols is 1. The minimum atomic E-state index is 0.155. The molecule has 3 heteroatoms. The van der Waals surface area contributed by atoms with E-state index in [1.54, 1.807) is 6.07 Å². The molecule has 0 saturated carbocycles. The summed E-state index contributed by atoms with van der Waals surface area (Å²) in [6.45, 7) is 0. The molecule has 0 aliphatic carbocycles. The van der Waals surface area contributed by atoms with E-state index < -0.39 is 0 Å². The zero-order valence-corrected chi connectivity index (χ0v) is 9.28. The number of fused-ring (bicyclic) bond motifs is 3. The van der Waals surface area contributed by atoms with E-state index in [0.29, 0.717) is 5.88 Å². The van der Waals surface area contributed by atoms with Crippen LogP contribution in [0.4, 0.5) is 5.69 Å². The monoisotopic (exact) mass is 231 g/mol. The van der Waals surface area contributed by atoms with Gasteiger partial charge in [0.05, 0.1) is 5.69 Å². The number of aromatic hydroxyl groups is 1. The number of nitrogens with zero attached hydrogens (tertiary/aromatic N) is 1. The van der Waals surface area contributed by atoms with Crippen molar-refractivity contribution in [2.75, 3.05) is 5.88 Å². The van der Waals surface area contributed by atoms with Gasteiger partial charge in [-0.2, -0.15) is 0 Å². The zero-order chi connectivity index (χ0) is 11.1. The summed E-state index contributed by atoms with van der Waals surface area (Å²) in [5.74, 6) is 0.953. The first kappa shape index (κ1) is 9.67. The number of hydrogen-bond acceptors (Lipinski definition) is 2. The molecule has 0 saturated heterocycles. The normalized spacial score (nSPS) is 17.9. The van der Waals surface area contributed by atoms with Crippen LogP contribution in [0.15, 0.2) is 35.3 Å². The van der Waals surface area contributed by atoms with E-state index >= 15 is 0 Å². The summed E-state index contributed by atoms with van der Waals surface area (Å²) in [7, 11) is 0. The molecule has 0 spiro atoms. The molecule has 1 aliphatic rings. The average molecular weight is 232 g/mol. The fourth-order valence-electron chi connectivity index (χ4n) is 2.22. The quantitative estimate of drug-likeness (QED) is 0.748. The first-order valence-electron chi connectivity index (χ1n) is 5.16. The predicted molar refractivity (Wildman–Crippen MR) is 67.2 cm³/mol. The number of hydrogen-bond donors (Lipinski definition) is 1. The number of alkyl halides is 1. The summed E-state index contributed by atoms with van der Waals surface area (Å²) in [5.41, 5.74) is 1.96. The summed E-state index contributed by atoms with van der Waals surface area (Å²) in [5, 5.41) is 11.8. The third kappa shape index (κ3) is 1.23. The first-order chi connectivity index (χ1) is 7.81. The maximum atomic E-state index is 9.89. The van der Waals surface area contributed by atoms with E-state index in [2.05, 4.69) is 4.99 Å². The number of halogens is 1. The van der Waals surface area contributed by atoms with Gasteiger partial charge in [-0.05, 0) is 10.9 Å². The van der Waals surface area contributed by atoms with E-state index in [4.69, 9.17) is 11.6 Å². The van der Waals surface area contributed by atoms with Gasteiger partial charge in [-0.1, -0.05) is 24.3 Å². The standard InChI is InChI=1S/C13H10ClNO/c14-6-8-7-15-11-5-12(16)9-3-1-2-4-10(9)13(8)11/h1-5,7-8,16H,6H2/t8-/m0/s1. The minimum absolute atomic E-state index is 0.155. The van der Waals surface area contributed by atoms with Gasteiger partial charge in [0.2, 0.25) is 0 Å². The van der Waals surface area contributed by atoms with Gasteiger partial charge in [-0.15, -0.1) is 11.6 Å². The van der Waals surface area contributed by atoms with Crippen LogP contribution in [0.2, 0.25) is 0 Å². The Labute approximate surface area is 98.2 Å². The zero-order valence-electron chi connectivity index (χ0n) is 8.52. The molecule has 0 unspecified atom stereocenters. The summed E-state index contributed by atoms with van der Waals surface area (Å²) < 4.78 is 0. The Morgan fingerprint density at radius 3 is 2.75 bits per heavy atom. The van der Waals surface area contributed by atoms with Crippen molar-refractivity contribution in [3.05, 3.63) is 35.9 Å². The van der Waals surface area contributed by atoms with Crippen LogP contribution in [0, 0.1) is 0 Å². The topological polar surface area (TPSA) is 32.6 Å². The third-order valence-electron chi connectivity index (χ3n) is 2.97. The van der Waals surface area contributed by atoms with Crippen molar-refractivity contribution in [1.29, 1.82) is 0 Å². The number of rotatable bonds is 1. The lowest BCUT2D eigenvalue weighted by Gasteiger charge is -2.10. The molecule has 1 heterocycles. The lowest BCUT2D eigenvalue weighted by atomic mass is 9.95. The molecule has 0 fully saturated rings. The highest BCUT2D eigenvalue weighted by molar-refractivity contribution is 6.20. The highest BCUT2D eigenvalue weighted by Crippen LogP contribution is 2.42. The molecule has 1 N–H and O–H groups in total. The molecule has 0 amide bonds. The highest BCUT2D eigenvalue weighted by atomic mass is 35.5. The number of phenolic OH excluding ortho intramolecular Hbond substituents is 1. The first-order valence-corrected chi connectivity index (χ1v) is 5.69. The average Bonchev–Trinajstić information content (AvgIpc) is 2.72. The van der Waals surface area contributed by atoms with Crippen LogP contribution < -0.4 is 0 Å². The Kier molecular flexibility index (Phi) is 2.11. The predicted octanol–water partition coefficient (Wildman–Crippen LogP) is 3.58. The Morgan fingerprint density at radius 2 is 2.00 bits per heavy atom. The summed E-state index contributed by atoms with van der Waals surface area (Å²) in [6.07, 6.45) is 1.85. The second-order valence-electron chi connectivity index (χ2n) is 3.91. The van der Waals surface area contributed by atoms with E-state index in [-0.39, 0.29) is 11.7 Å². The van der Waals surface area contributed by atoms with Crippen LogP contribution >= 0.6 is 11.6 Å². The van der Waals surface area contributed by atoms with Gasteiger partial charge in [0.1, 0.15) is 5.75 Å². The lowest BCUT2D eigenvalue weighted by Crippen LogP contribution is -1.98. The van der Waals surface area contributed by atoms with E-state index in [1.165, 1.54) is 0 Å². The van der Waals surface area contributed by atoms with Crippen LogP contribution in [0.3, 0.4) is 0 Å². The van der Waals surface area contributed by atoms with Gasteiger partial charge >= 0.3 is 0 Å². The molecule has 80 valence electrons. The molecular formula is C13H10ClNO. The SMILES string of the molecule is Oc1cc2c(c3ccccc13)[C@@H](CCl)C=N2. The van der Waals surface area contributed by atoms with Gasteiger partial charge < -0.3 is 5.11 Å². The van der Waals surface area contributed by atoms with Crippen molar-refractivity contribution < 1.29 is 5.11 Å². The molecule has 16 heavy (non-hydrogen) atoms. The number of benzene rings is 2. The van der Waals surface area contributed by atoms with E-state index in [1.807, 2.05) is 30.5 Å². The van der Waals surface area contributed by atoms with Crippen molar-refractivity contribution in [3.63, 3.8) is 0 Å². The van der Waals surface area contributed by atoms with Crippen LogP contribution in [-0.4, -0.2) is 17.2 Å². The lowest BCUT2D eigenvalue weighted by molar-refractivity contribution is 0.482. The molecule has 3 rings (SSSR count). The van der Waals surface area contributed by atoms with Gasteiger partial charge in [0.15, 0.2) is 0 Å². The second-order valence-corrected chi connectivity index (χ2v) is 4.22. The van der Waals surface area contributed by atoms with Gasteiger partial charge in [-0.25, -0.2) is 0 Å². The summed E-state index contributed by atoms with van der Waals surface area (Å²) >= 11 is 5.92. The molecule has 1 aliphatic heterocycles. The van der Waals surface area contributed by atoms with Crippen LogP contribution in [0.1, 0.15) is 11.5 Å². The summed E-state index contributed by atoms with van der Waals surface area (Å²) in [4.78, 5) is 4.29. The molecule has 2 aromatic rings. The maximum absolute atomic E-state index is 9.89. The van der Waals surface area contributed by atoms with Crippen molar-refractivity contribution in [2.45, 2.75) is 5.92 Å². The minimum Gasteiger partial charge on any atom is -0.507 e. The van der Waals surface area contributed by atoms with E-state index in [0.717, 1.165) is 22.0 Å². The van der Waals surface area contributed by atoms with Crippen molar-refractivity contribution >= 4 is 34.3 Å². The molecule has 2 nitrogen and oxygen atoms in total. The number of aliphatic imine (C=N–C) groups is 1. The Morgan fingerprint density at radius 1 is 1.25 bits per heavy atom. The molecular weight excluding hydrogens is 222 g/mol. The molecule has 0 bridgehead atoms. The Bertz CT molecular complexity index is 592. The summed E-state index contributed by atoms with van der Waals surface area (Å²) in [6, 6.07) is 9.50. The Hall–Kier alpha value is -1.54. The van der Waals surface area contributed by atoms with Crippen LogP contribution in [0.5, 0.6) is 5.75 Å². The van der Waals surface area contributed by atoms with Gasteiger partial charge in [-0.3, -0.25) is 4.99 Å². The fourth-order valence-corrected chi connectivity index (χ4v) is 2.46. The molecule has 1 atom stereocenters. The Balaban J connectivity index is 2.40. The van der Waals surface area contributed by atoms with Gasteiger partial charge in [0.25, 0.3) is 0 Å². The third-order valence-corrected chi connectivity index (χ3v) is 3.31. The highest BCUT2D eigenvalue weighted by Gasteiger charge is 2.22. The molecule has 2 aromatic carbocycles. The molecule has 0 aromatic heterocycles. The van der Waals surface area contributed by atoms with Crippen molar-refractivity contribution in [3.8, 4) is 5.75 Å². The van der Waals surface area contributed by atoms with Gasteiger partial charge in [0, 0.05) is 29.5 Å². The second kappa shape index (κ2) is 3.49. The fraction of sp³-hybridized carbons (Fsp3) is 0.154. The van der Waals surface area contributed by atoms with Crippen molar-refractivity contribution in [2.24, 2.45) is 4.99 Å². The van der Waals surface area contributed by atoms with Crippen LogP contribution in [0.25, 0.3) is 10.8 Å². The van der Waals surface area contributed by atoms with Crippen LogP contribution in [-0.2, 0) is 0 Å². The smallest absolute Gasteiger partial charge is 0.125 e. The van der Waals surface area contributed by atoms with Crippen molar-refractivity contribution in [1.82, 2.24) is 0 Å². The largest absolute Gasteiger partial charge is 0.507 e. The maximum Gasteiger partial charge on any atom is 0.125 e. The van der Waals surface area contributed by atoms with E-state index in [9.17, 15) is 5.11 Å².